The fourth-order valence-corrected chi connectivity index (χ4v) is 10.4. The van der Waals surface area contributed by atoms with Gasteiger partial charge >= 0.3 is 6.09 Å². The molecule has 0 radical (unpaired) electrons. The van der Waals surface area contributed by atoms with Crippen molar-refractivity contribution in [3.05, 3.63) is 144 Å². The lowest BCUT2D eigenvalue weighted by Crippen LogP contribution is -2.67. The minimum atomic E-state index is -2.82. The minimum absolute atomic E-state index is 0.181. The molecule has 212 valence electrons. The van der Waals surface area contributed by atoms with Gasteiger partial charge in [-0.05, 0) is 44.7 Å². The SMILES string of the molecule is CC(C)(C)[Si](OC1C=CN(C(=O)OCc2ccccc2)C(c2ccc(C#N)cc2)C1)(c1ccccc1)c1ccccc1. The Kier molecular flexibility index (Phi) is 8.72. The first-order chi connectivity index (χ1) is 20.3. The van der Waals surface area contributed by atoms with Crippen molar-refractivity contribution in [3.63, 3.8) is 0 Å². The molecule has 1 aliphatic rings. The van der Waals surface area contributed by atoms with Gasteiger partial charge in [0.05, 0.1) is 23.8 Å². The lowest BCUT2D eigenvalue weighted by atomic mass is 9.96. The molecule has 2 unspecified atom stereocenters. The van der Waals surface area contributed by atoms with Crippen molar-refractivity contribution < 1.29 is 14.0 Å². The average Bonchev–Trinajstić information content (AvgIpc) is 3.03. The van der Waals surface area contributed by atoms with Gasteiger partial charge in [0.2, 0.25) is 0 Å². The molecule has 1 amide bonds. The highest BCUT2D eigenvalue weighted by Gasteiger charge is 2.51. The Bertz CT molecular complexity index is 1500. The number of ether oxygens (including phenoxy) is 1. The zero-order chi connectivity index (χ0) is 29.6. The molecular formula is C36H36N2O3Si. The van der Waals surface area contributed by atoms with E-state index in [0.717, 1.165) is 11.1 Å². The second kappa shape index (κ2) is 12.6. The van der Waals surface area contributed by atoms with Gasteiger partial charge in [0, 0.05) is 12.6 Å². The van der Waals surface area contributed by atoms with Gasteiger partial charge in [0.1, 0.15) is 6.61 Å². The minimum Gasteiger partial charge on any atom is -0.444 e. The molecule has 42 heavy (non-hydrogen) atoms. The van der Waals surface area contributed by atoms with E-state index in [2.05, 4.69) is 75.4 Å². The molecule has 0 spiro atoms. The standard InChI is InChI=1S/C36H36N2O3Si/c1-36(2,3)42(32-15-9-5-10-16-32,33-17-11-6-12-18-33)41-31-23-24-38(35(39)40-27-29-13-7-4-8-14-29)34(25-31)30-21-19-28(26-37)20-22-30/h4-24,31,34H,25,27H2,1-3H3. The number of hydrogen-bond acceptors (Lipinski definition) is 4. The molecule has 0 fully saturated rings. The molecule has 0 bridgehead atoms. The highest BCUT2D eigenvalue weighted by Crippen LogP contribution is 2.40. The van der Waals surface area contributed by atoms with E-state index >= 15 is 0 Å². The first-order valence-electron chi connectivity index (χ1n) is 14.3. The predicted octanol–water partition coefficient (Wildman–Crippen LogP) is 7.10. The molecule has 0 aromatic heterocycles. The van der Waals surface area contributed by atoms with Crippen LogP contribution in [-0.4, -0.2) is 25.4 Å². The molecule has 0 aliphatic carbocycles. The van der Waals surface area contributed by atoms with Crippen LogP contribution >= 0.6 is 0 Å². The highest BCUT2D eigenvalue weighted by molar-refractivity contribution is 6.99. The smallest absolute Gasteiger partial charge is 0.414 e. The molecule has 0 saturated heterocycles. The van der Waals surface area contributed by atoms with Crippen molar-refractivity contribution in [3.8, 4) is 6.07 Å². The van der Waals surface area contributed by atoms with E-state index in [4.69, 9.17) is 9.16 Å². The van der Waals surface area contributed by atoms with Crippen molar-refractivity contribution in [2.45, 2.75) is 51.0 Å². The summed E-state index contributed by atoms with van der Waals surface area (Å²) >= 11 is 0. The molecule has 5 nitrogen and oxygen atoms in total. The van der Waals surface area contributed by atoms with E-state index in [-0.39, 0.29) is 23.8 Å². The number of benzene rings is 4. The maximum atomic E-state index is 13.4. The summed E-state index contributed by atoms with van der Waals surface area (Å²) < 4.78 is 13.1. The molecule has 5 rings (SSSR count). The normalized spacial score (nSPS) is 17.0. The van der Waals surface area contributed by atoms with Gasteiger partial charge in [0.15, 0.2) is 0 Å². The second-order valence-corrected chi connectivity index (χ2v) is 15.8. The van der Waals surface area contributed by atoms with E-state index < -0.39 is 14.4 Å². The van der Waals surface area contributed by atoms with Gasteiger partial charge in [-0.15, -0.1) is 0 Å². The Labute approximate surface area is 249 Å². The molecule has 4 aromatic carbocycles. The maximum absolute atomic E-state index is 13.4. The van der Waals surface area contributed by atoms with E-state index in [1.54, 1.807) is 17.0 Å². The van der Waals surface area contributed by atoms with Crippen LogP contribution in [0.1, 0.15) is 49.9 Å². The summed E-state index contributed by atoms with van der Waals surface area (Å²) in [5.74, 6) is 0. The lowest BCUT2D eigenvalue weighted by molar-refractivity contribution is 0.0822. The number of nitriles is 1. The summed E-state index contributed by atoms with van der Waals surface area (Å²) in [6.45, 7) is 6.97. The molecule has 4 aromatic rings. The van der Waals surface area contributed by atoms with E-state index in [1.807, 2.05) is 66.9 Å². The average molecular weight is 573 g/mol. The van der Waals surface area contributed by atoms with Crippen molar-refractivity contribution in [1.82, 2.24) is 4.90 Å². The molecule has 1 aliphatic heterocycles. The summed E-state index contributed by atoms with van der Waals surface area (Å²) in [5.41, 5.74) is 2.42. The fourth-order valence-electron chi connectivity index (χ4n) is 5.77. The second-order valence-electron chi connectivity index (χ2n) is 11.6. The monoisotopic (exact) mass is 572 g/mol. The van der Waals surface area contributed by atoms with Crippen LogP contribution in [0.5, 0.6) is 0 Å². The van der Waals surface area contributed by atoms with E-state index in [9.17, 15) is 10.1 Å². The first kappa shape index (κ1) is 29.1. The number of carbonyl (C=O) groups is 1. The van der Waals surface area contributed by atoms with E-state index in [1.165, 1.54) is 10.4 Å². The number of nitrogens with zero attached hydrogens (tertiary/aromatic N) is 2. The summed E-state index contributed by atoms with van der Waals surface area (Å²) in [5, 5.41) is 11.6. The molecule has 6 heteroatoms. The van der Waals surface area contributed by atoms with Crippen LogP contribution in [0.2, 0.25) is 5.04 Å². The summed E-state index contributed by atoms with van der Waals surface area (Å²) in [6.07, 6.45) is 3.67. The molecular weight excluding hydrogens is 536 g/mol. The number of carbonyl (C=O) groups excluding carboxylic acids is 1. The van der Waals surface area contributed by atoms with Crippen LogP contribution in [0, 0.1) is 11.3 Å². The lowest BCUT2D eigenvalue weighted by Gasteiger charge is -2.46. The Morgan fingerprint density at radius 1 is 0.857 bits per heavy atom. The van der Waals surface area contributed by atoms with Crippen LogP contribution in [0.15, 0.2) is 128 Å². The fraction of sp³-hybridized carbons (Fsp3) is 0.222. The molecule has 0 N–H and O–H groups in total. The summed E-state index contributed by atoms with van der Waals surface area (Å²) in [7, 11) is -2.82. The number of rotatable bonds is 7. The third kappa shape index (κ3) is 6.08. The quantitative estimate of drug-likeness (QED) is 0.222. The summed E-state index contributed by atoms with van der Waals surface area (Å²) in [4.78, 5) is 15.1. The Hall–Kier alpha value is -4.44. The molecule has 0 saturated carbocycles. The van der Waals surface area contributed by atoms with Gasteiger partial charge in [0.25, 0.3) is 8.32 Å². The molecule has 1 heterocycles. The van der Waals surface area contributed by atoms with Crippen molar-refractivity contribution in [2.75, 3.05) is 0 Å². The van der Waals surface area contributed by atoms with E-state index in [0.29, 0.717) is 12.0 Å². The zero-order valence-electron chi connectivity index (χ0n) is 24.3. The zero-order valence-corrected chi connectivity index (χ0v) is 25.3. The van der Waals surface area contributed by atoms with Gasteiger partial charge in [-0.1, -0.05) is 124 Å². The highest BCUT2D eigenvalue weighted by atomic mass is 28.4. The van der Waals surface area contributed by atoms with Crippen LogP contribution in [0.3, 0.4) is 0 Å². The third-order valence-corrected chi connectivity index (χ3v) is 12.9. The van der Waals surface area contributed by atoms with Crippen molar-refractivity contribution >= 4 is 24.8 Å². The van der Waals surface area contributed by atoms with Crippen molar-refractivity contribution in [1.29, 1.82) is 5.26 Å². The van der Waals surface area contributed by atoms with Gasteiger partial charge in [-0.25, -0.2) is 4.79 Å². The first-order valence-corrected chi connectivity index (χ1v) is 16.2. The van der Waals surface area contributed by atoms with Gasteiger partial charge in [-0.2, -0.15) is 5.26 Å². The summed E-state index contributed by atoms with van der Waals surface area (Å²) in [6, 6.07) is 40.1. The third-order valence-electron chi connectivity index (χ3n) is 7.84. The van der Waals surface area contributed by atoms with Crippen LogP contribution in [-0.2, 0) is 15.8 Å². The number of amides is 1. The Balaban J connectivity index is 1.51. The topological polar surface area (TPSA) is 62.6 Å². The molecule has 2 atom stereocenters. The maximum Gasteiger partial charge on any atom is 0.414 e. The predicted molar refractivity (Wildman–Crippen MR) is 169 cm³/mol. The van der Waals surface area contributed by atoms with Crippen LogP contribution in [0.4, 0.5) is 4.79 Å². The number of hydrogen-bond donors (Lipinski definition) is 0. The Morgan fingerprint density at radius 2 is 1.40 bits per heavy atom. The van der Waals surface area contributed by atoms with Crippen molar-refractivity contribution in [2.24, 2.45) is 0 Å². The van der Waals surface area contributed by atoms with Gasteiger partial charge < -0.3 is 9.16 Å². The Morgan fingerprint density at radius 3 is 1.93 bits per heavy atom. The van der Waals surface area contributed by atoms with Crippen LogP contribution in [0.25, 0.3) is 0 Å². The van der Waals surface area contributed by atoms with Crippen LogP contribution < -0.4 is 10.4 Å². The largest absolute Gasteiger partial charge is 0.444 e. The van der Waals surface area contributed by atoms with Gasteiger partial charge in [-0.3, -0.25) is 4.90 Å².